The van der Waals surface area contributed by atoms with Crippen molar-refractivity contribution < 1.29 is 0 Å². The maximum absolute atomic E-state index is 13.4. The maximum atomic E-state index is 13.4. The number of thioether (sulfide) groups is 1. The van der Waals surface area contributed by atoms with E-state index in [0.717, 1.165) is 18.6 Å². The second-order valence-electron chi connectivity index (χ2n) is 8.58. The van der Waals surface area contributed by atoms with Crippen molar-refractivity contribution in [2.24, 2.45) is 11.8 Å². The molecule has 0 aliphatic heterocycles. The Morgan fingerprint density at radius 3 is 2.59 bits per heavy atom. The largest absolute Gasteiger partial charge is 0.312 e. The average molecular weight is 451 g/mol. The van der Waals surface area contributed by atoms with Crippen LogP contribution in [-0.4, -0.2) is 35.1 Å². The molecule has 32 heavy (non-hydrogen) atoms. The Hall–Kier alpha value is -2.94. The molecule has 1 aliphatic rings. The molecular weight excluding hydrogens is 424 g/mol. The number of hydrogen-bond donors (Lipinski definition) is 1. The van der Waals surface area contributed by atoms with E-state index in [4.69, 9.17) is 0 Å². The van der Waals surface area contributed by atoms with Gasteiger partial charge in [-0.3, -0.25) is 14.2 Å². The van der Waals surface area contributed by atoms with Gasteiger partial charge in [0.2, 0.25) is 11.1 Å². The quantitative estimate of drug-likeness (QED) is 0.374. The van der Waals surface area contributed by atoms with Crippen LogP contribution in [0.2, 0.25) is 0 Å². The lowest BCUT2D eigenvalue weighted by molar-refractivity contribution is 0.183. The smallest absolute Gasteiger partial charge is 0.266 e. The summed E-state index contributed by atoms with van der Waals surface area (Å²) in [6, 6.07) is 5.51. The van der Waals surface area contributed by atoms with Crippen LogP contribution >= 0.6 is 11.8 Å². The summed E-state index contributed by atoms with van der Waals surface area (Å²) in [6.07, 6.45) is 6.82. The number of nitrogens with zero attached hydrogens (tertiary/aromatic N) is 5. The molecule has 1 saturated carbocycles. The Morgan fingerprint density at radius 2 is 1.81 bits per heavy atom. The molecule has 0 aromatic carbocycles. The number of aromatic amines is 1. The zero-order valence-electron chi connectivity index (χ0n) is 18.4. The molecule has 9 heteroatoms. The summed E-state index contributed by atoms with van der Waals surface area (Å²) >= 11 is 1.49. The molecule has 1 aliphatic carbocycles. The molecule has 5 rings (SSSR count). The Kier molecular flexibility index (Phi) is 5.36. The van der Waals surface area contributed by atoms with Gasteiger partial charge >= 0.3 is 0 Å². The van der Waals surface area contributed by atoms with Gasteiger partial charge in [-0.2, -0.15) is 4.98 Å². The summed E-state index contributed by atoms with van der Waals surface area (Å²) < 4.78 is 3.26. The number of H-pyrrole nitrogens is 1. The van der Waals surface area contributed by atoms with Gasteiger partial charge in [0.15, 0.2) is 0 Å². The van der Waals surface area contributed by atoms with Gasteiger partial charge in [0.05, 0.1) is 21.8 Å². The van der Waals surface area contributed by atoms with E-state index in [1.54, 1.807) is 18.3 Å². The fourth-order valence-corrected chi connectivity index (χ4v) is 5.27. The molecule has 166 valence electrons. The second kappa shape index (κ2) is 8.20. The van der Waals surface area contributed by atoms with Gasteiger partial charge in [-0.1, -0.05) is 45.4 Å². The summed E-state index contributed by atoms with van der Waals surface area (Å²) in [5.41, 5.74) is 0.793. The summed E-state index contributed by atoms with van der Waals surface area (Å²) in [4.78, 5) is 35.7. The van der Waals surface area contributed by atoms with Crippen LogP contribution in [0.4, 0.5) is 0 Å². The first-order chi connectivity index (χ1) is 15.5. The molecule has 0 spiro atoms. The third-order valence-electron chi connectivity index (χ3n) is 6.75. The van der Waals surface area contributed by atoms with Gasteiger partial charge in [-0.05, 0) is 42.2 Å². The van der Waals surface area contributed by atoms with Gasteiger partial charge < -0.3 is 4.57 Å². The summed E-state index contributed by atoms with van der Waals surface area (Å²) in [7, 11) is 0. The van der Waals surface area contributed by atoms with Crippen LogP contribution in [0.3, 0.4) is 0 Å². The fourth-order valence-electron chi connectivity index (χ4n) is 4.75. The highest BCUT2D eigenvalue weighted by Gasteiger charge is 2.29. The van der Waals surface area contributed by atoms with E-state index in [1.165, 1.54) is 22.7 Å². The Labute approximate surface area is 189 Å². The van der Waals surface area contributed by atoms with Crippen LogP contribution < -0.4 is 11.1 Å². The topological polar surface area (TPSA) is 98.5 Å². The summed E-state index contributed by atoms with van der Waals surface area (Å²) in [5.74, 6) is 2.19. The van der Waals surface area contributed by atoms with Crippen molar-refractivity contribution in [2.75, 3.05) is 5.75 Å². The number of aromatic nitrogens is 6. The molecule has 0 bridgehead atoms. The van der Waals surface area contributed by atoms with Crippen molar-refractivity contribution >= 4 is 33.6 Å². The molecule has 0 amide bonds. The number of pyridine rings is 3. The van der Waals surface area contributed by atoms with Crippen LogP contribution in [0.5, 0.6) is 0 Å². The van der Waals surface area contributed by atoms with Crippen molar-refractivity contribution in [3.05, 3.63) is 51.3 Å². The standard InChI is InChI=1S/C23H26N6O2S/c1-4-32-23-25-22(26-27-23)29-11-9-18-16(21(29)31)12-15-17(24-18)8-10-28(20(15)30)19-7-5-6-13(2)14(19)3/h8-14,19H,4-7H2,1-3H3,(H,25,26,27)/t13-,14-,19+/m0/s1. The third kappa shape index (κ3) is 3.44. The van der Waals surface area contributed by atoms with Crippen LogP contribution in [0.1, 0.15) is 46.1 Å². The van der Waals surface area contributed by atoms with Crippen molar-refractivity contribution in [1.82, 2.24) is 29.3 Å². The molecule has 0 unspecified atom stereocenters. The van der Waals surface area contributed by atoms with Gasteiger partial charge in [0.1, 0.15) is 0 Å². The van der Waals surface area contributed by atoms with E-state index >= 15 is 0 Å². The van der Waals surface area contributed by atoms with E-state index in [0.29, 0.717) is 44.7 Å². The van der Waals surface area contributed by atoms with Gasteiger partial charge in [0, 0.05) is 18.4 Å². The lowest BCUT2D eigenvalue weighted by Gasteiger charge is -2.35. The number of rotatable bonds is 4. The molecule has 8 nitrogen and oxygen atoms in total. The highest BCUT2D eigenvalue weighted by molar-refractivity contribution is 7.99. The van der Waals surface area contributed by atoms with E-state index in [2.05, 4.69) is 34.0 Å². The first-order valence-electron chi connectivity index (χ1n) is 11.1. The number of fused-ring (bicyclic) bond motifs is 2. The normalized spacial score (nSPS) is 21.4. The molecular formula is C23H26N6O2S. The molecule has 4 aromatic rings. The van der Waals surface area contributed by atoms with Crippen LogP contribution in [0.15, 0.2) is 45.3 Å². The maximum Gasteiger partial charge on any atom is 0.266 e. The van der Waals surface area contributed by atoms with Crippen molar-refractivity contribution in [2.45, 2.75) is 51.2 Å². The second-order valence-corrected chi connectivity index (χ2v) is 9.81. The highest BCUT2D eigenvalue weighted by Crippen LogP contribution is 2.37. The zero-order valence-corrected chi connectivity index (χ0v) is 19.2. The lowest BCUT2D eigenvalue weighted by atomic mass is 9.78. The Morgan fingerprint density at radius 1 is 1.06 bits per heavy atom. The number of hydrogen-bond acceptors (Lipinski definition) is 6. The monoisotopic (exact) mass is 450 g/mol. The van der Waals surface area contributed by atoms with Crippen molar-refractivity contribution in [1.29, 1.82) is 0 Å². The van der Waals surface area contributed by atoms with Crippen LogP contribution in [0, 0.1) is 11.8 Å². The van der Waals surface area contributed by atoms with Crippen molar-refractivity contribution in [3.8, 4) is 5.95 Å². The minimum atomic E-state index is -0.282. The average Bonchev–Trinajstić information content (AvgIpc) is 3.24. The van der Waals surface area contributed by atoms with Crippen LogP contribution in [0.25, 0.3) is 27.8 Å². The predicted molar refractivity (Wildman–Crippen MR) is 127 cm³/mol. The van der Waals surface area contributed by atoms with Gasteiger partial charge in [0.25, 0.3) is 11.1 Å². The minimum absolute atomic E-state index is 0.0843. The molecule has 4 aromatic heterocycles. The van der Waals surface area contributed by atoms with Crippen LogP contribution in [-0.2, 0) is 0 Å². The molecule has 0 radical (unpaired) electrons. The lowest BCUT2D eigenvalue weighted by Crippen LogP contribution is -2.33. The molecule has 3 atom stereocenters. The number of nitrogens with one attached hydrogen (secondary N) is 1. The SMILES string of the molecule is CCSc1n[nH]c(-n2ccc3nc4ccn([C@@H]5CCC[C@H](C)[C@@H]5C)c(=O)c4cc3c2=O)n1. The molecule has 4 heterocycles. The fraction of sp³-hybridized carbons (Fsp3) is 0.435. The Balaban J connectivity index is 1.65. The molecule has 0 saturated heterocycles. The van der Waals surface area contributed by atoms with E-state index in [-0.39, 0.29) is 17.2 Å². The van der Waals surface area contributed by atoms with Crippen molar-refractivity contribution in [3.63, 3.8) is 0 Å². The summed E-state index contributed by atoms with van der Waals surface area (Å²) in [6.45, 7) is 6.50. The Bertz CT molecular complexity index is 1420. The molecule has 1 N–H and O–H groups in total. The third-order valence-corrected chi connectivity index (χ3v) is 7.48. The first kappa shape index (κ1) is 20.9. The zero-order chi connectivity index (χ0) is 22.4. The highest BCUT2D eigenvalue weighted by atomic mass is 32.2. The van der Waals surface area contributed by atoms with E-state index < -0.39 is 0 Å². The molecule has 1 fully saturated rings. The summed E-state index contributed by atoms with van der Waals surface area (Å²) in [5, 5.41) is 8.41. The van der Waals surface area contributed by atoms with E-state index in [9.17, 15) is 9.59 Å². The first-order valence-corrected chi connectivity index (χ1v) is 12.1. The predicted octanol–water partition coefficient (Wildman–Crippen LogP) is 3.93. The van der Waals surface area contributed by atoms with Gasteiger partial charge in [-0.25, -0.2) is 10.1 Å². The van der Waals surface area contributed by atoms with E-state index in [1.807, 2.05) is 23.8 Å². The van der Waals surface area contributed by atoms with Gasteiger partial charge in [-0.15, -0.1) is 5.10 Å². The minimum Gasteiger partial charge on any atom is -0.312 e.